The molecule has 0 amide bonds. The van der Waals surface area contributed by atoms with Crippen LogP contribution in [-0.4, -0.2) is 36.1 Å². The van der Waals surface area contributed by atoms with Crippen LogP contribution < -0.4 is 5.32 Å². The van der Waals surface area contributed by atoms with E-state index in [2.05, 4.69) is 30.0 Å². The van der Waals surface area contributed by atoms with Crippen LogP contribution in [0.4, 0.5) is 0 Å². The zero-order valence-corrected chi connectivity index (χ0v) is 11.7. The van der Waals surface area contributed by atoms with Crippen LogP contribution in [0, 0.1) is 6.92 Å². The van der Waals surface area contributed by atoms with E-state index in [0.717, 1.165) is 11.0 Å². The van der Waals surface area contributed by atoms with Crippen LogP contribution in [0.2, 0.25) is 19.6 Å². The average Bonchev–Trinajstić information content (AvgIpc) is 2.57. The van der Waals surface area contributed by atoms with Crippen molar-refractivity contribution in [3.05, 3.63) is 5.69 Å². The number of hydrogen-bond donors (Lipinski definition) is 0. The topological polar surface area (TPSA) is 57.0 Å². The number of aryl methyl sites for hydroxylation is 1. The van der Waals surface area contributed by atoms with E-state index in [1.54, 1.807) is 11.6 Å². The van der Waals surface area contributed by atoms with Crippen molar-refractivity contribution in [3.63, 3.8) is 0 Å². The molecule has 0 radical (unpaired) electrons. The molecule has 6 heteroatoms. The second-order valence-corrected chi connectivity index (χ2v) is 9.89. The van der Waals surface area contributed by atoms with Crippen LogP contribution in [0.15, 0.2) is 0 Å². The summed E-state index contributed by atoms with van der Waals surface area (Å²) in [6, 6.07) is -0.409. The molecule has 0 aliphatic heterocycles. The number of carbonyl (C=O) groups excluding carboxylic acids is 1. The highest BCUT2D eigenvalue weighted by molar-refractivity contribution is 6.88. The van der Waals surface area contributed by atoms with Gasteiger partial charge in [-0.05, 0) is 13.8 Å². The highest BCUT2D eigenvalue weighted by Crippen LogP contribution is 2.10. The predicted octanol–water partition coefficient (Wildman–Crippen LogP) is 0.866. The Labute approximate surface area is 96.8 Å². The van der Waals surface area contributed by atoms with E-state index in [-0.39, 0.29) is 5.97 Å². The first kappa shape index (κ1) is 12.9. The van der Waals surface area contributed by atoms with E-state index < -0.39 is 14.1 Å². The van der Waals surface area contributed by atoms with Crippen LogP contribution in [0.25, 0.3) is 0 Å². The minimum absolute atomic E-state index is 0.288. The number of carbonyl (C=O) groups is 1. The fourth-order valence-electron chi connectivity index (χ4n) is 1.80. The largest absolute Gasteiger partial charge is 0.467 e. The molecular formula is C10H19N3O2Si. The lowest BCUT2D eigenvalue weighted by molar-refractivity contribution is -0.144. The van der Waals surface area contributed by atoms with Crippen molar-refractivity contribution in [2.75, 3.05) is 7.11 Å². The fourth-order valence-corrected chi connectivity index (χ4v) is 3.86. The van der Waals surface area contributed by atoms with Gasteiger partial charge in [-0.25, -0.2) is 9.48 Å². The highest BCUT2D eigenvalue weighted by atomic mass is 28.3. The Hall–Kier alpha value is -1.17. The number of ether oxygens (including phenoxy) is 1. The van der Waals surface area contributed by atoms with E-state index in [9.17, 15) is 4.79 Å². The molecule has 0 aliphatic carbocycles. The molecule has 0 N–H and O–H groups in total. The molecule has 0 aromatic carbocycles. The van der Waals surface area contributed by atoms with Gasteiger partial charge in [0.05, 0.1) is 12.8 Å². The van der Waals surface area contributed by atoms with Gasteiger partial charge in [-0.2, -0.15) is 0 Å². The molecule has 16 heavy (non-hydrogen) atoms. The van der Waals surface area contributed by atoms with Gasteiger partial charge in [-0.1, -0.05) is 24.9 Å². The van der Waals surface area contributed by atoms with Gasteiger partial charge >= 0.3 is 5.97 Å². The Balaban J connectivity index is 3.21. The monoisotopic (exact) mass is 241 g/mol. The first-order valence-corrected chi connectivity index (χ1v) is 8.79. The van der Waals surface area contributed by atoms with Gasteiger partial charge in [0.25, 0.3) is 0 Å². The van der Waals surface area contributed by atoms with E-state index in [0.29, 0.717) is 0 Å². The van der Waals surface area contributed by atoms with Crippen molar-refractivity contribution in [3.8, 4) is 0 Å². The van der Waals surface area contributed by atoms with Gasteiger partial charge in [0.15, 0.2) is 0 Å². The third-order valence-electron chi connectivity index (χ3n) is 2.48. The summed E-state index contributed by atoms with van der Waals surface area (Å²) in [4.78, 5) is 11.5. The zero-order chi connectivity index (χ0) is 12.5. The molecule has 0 bridgehead atoms. The van der Waals surface area contributed by atoms with Crippen LogP contribution in [-0.2, 0) is 9.53 Å². The van der Waals surface area contributed by atoms with E-state index in [1.807, 2.05) is 6.92 Å². The number of rotatable bonds is 3. The molecule has 0 spiro atoms. The normalized spacial score (nSPS) is 13.6. The highest BCUT2D eigenvalue weighted by Gasteiger charge is 2.29. The Morgan fingerprint density at radius 1 is 1.44 bits per heavy atom. The van der Waals surface area contributed by atoms with Crippen molar-refractivity contribution >= 4 is 19.4 Å². The molecule has 1 aromatic rings. The molecule has 1 aromatic heterocycles. The molecule has 90 valence electrons. The first-order valence-electron chi connectivity index (χ1n) is 5.29. The smallest absolute Gasteiger partial charge is 0.330 e. The zero-order valence-electron chi connectivity index (χ0n) is 10.7. The summed E-state index contributed by atoms with van der Waals surface area (Å²) in [6.45, 7) is 10.3. The molecule has 0 fully saturated rings. The summed E-state index contributed by atoms with van der Waals surface area (Å²) in [5.74, 6) is -0.288. The summed E-state index contributed by atoms with van der Waals surface area (Å²) in [5.41, 5.74) is 0.912. The third-order valence-corrected chi connectivity index (χ3v) is 4.49. The van der Waals surface area contributed by atoms with Crippen LogP contribution in [0.5, 0.6) is 0 Å². The van der Waals surface area contributed by atoms with Crippen molar-refractivity contribution in [1.29, 1.82) is 0 Å². The van der Waals surface area contributed by atoms with Crippen molar-refractivity contribution in [1.82, 2.24) is 15.0 Å². The lowest BCUT2D eigenvalue weighted by Crippen LogP contribution is -2.46. The summed E-state index contributed by atoms with van der Waals surface area (Å²) in [7, 11) is -0.176. The molecule has 0 aliphatic rings. The second-order valence-electron chi connectivity index (χ2n) is 4.92. The van der Waals surface area contributed by atoms with E-state index in [4.69, 9.17) is 4.74 Å². The minimum Gasteiger partial charge on any atom is -0.467 e. The molecule has 0 unspecified atom stereocenters. The Bertz CT molecular complexity index is 395. The van der Waals surface area contributed by atoms with Crippen molar-refractivity contribution < 1.29 is 9.53 Å². The Morgan fingerprint density at radius 3 is 2.44 bits per heavy atom. The van der Waals surface area contributed by atoms with Crippen molar-refractivity contribution in [2.45, 2.75) is 39.5 Å². The van der Waals surface area contributed by atoms with Gasteiger partial charge in [-0.3, -0.25) is 0 Å². The second kappa shape index (κ2) is 4.37. The van der Waals surface area contributed by atoms with Gasteiger partial charge in [0.2, 0.25) is 0 Å². The molecule has 0 saturated carbocycles. The van der Waals surface area contributed by atoms with Gasteiger partial charge in [0, 0.05) is 5.32 Å². The minimum atomic E-state index is -1.56. The van der Waals surface area contributed by atoms with Crippen LogP contribution in [0.1, 0.15) is 18.7 Å². The maximum absolute atomic E-state index is 11.5. The fraction of sp³-hybridized carbons (Fsp3) is 0.700. The lowest BCUT2D eigenvalue weighted by atomic mass is 10.3. The molecule has 5 nitrogen and oxygen atoms in total. The van der Waals surface area contributed by atoms with Crippen LogP contribution in [0.3, 0.4) is 0 Å². The third kappa shape index (κ3) is 2.32. The molecule has 1 rings (SSSR count). The molecule has 0 saturated heterocycles. The van der Waals surface area contributed by atoms with E-state index >= 15 is 0 Å². The predicted molar refractivity (Wildman–Crippen MR) is 64.5 cm³/mol. The average molecular weight is 241 g/mol. The number of esters is 1. The van der Waals surface area contributed by atoms with E-state index in [1.165, 1.54) is 7.11 Å². The molecule has 1 heterocycles. The summed E-state index contributed by atoms with van der Waals surface area (Å²) < 4.78 is 6.43. The Kier molecular flexibility index (Phi) is 3.52. The molecule has 1 atom stereocenters. The van der Waals surface area contributed by atoms with Gasteiger partial charge in [-0.15, -0.1) is 5.10 Å². The first-order chi connectivity index (χ1) is 7.29. The summed E-state index contributed by atoms with van der Waals surface area (Å²) >= 11 is 0. The standard InChI is InChI=1S/C10H19N3O2Si/c1-7-9(16(4,5)6)13(12-11-7)8(2)10(14)15-3/h8H,1-6H3/t8-/m0/s1. The Morgan fingerprint density at radius 2 is 2.00 bits per heavy atom. The summed E-state index contributed by atoms with van der Waals surface area (Å²) in [5, 5.41) is 9.21. The van der Waals surface area contributed by atoms with Crippen LogP contribution >= 0.6 is 0 Å². The SMILES string of the molecule is COC(=O)[C@H](C)n1nnc(C)c1[Si](C)(C)C. The number of aromatic nitrogens is 3. The maximum Gasteiger partial charge on any atom is 0.330 e. The number of nitrogens with zero attached hydrogens (tertiary/aromatic N) is 3. The van der Waals surface area contributed by atoms with Gasteiger partial charge < -0.3 is 4.74 Å². The number of hydrogen-bond acceptors (Lipinski definition) is 4. The maximum atomic E-state index is 11.5. The number of methoxy groups -OCH3 is 1. The quantitative estimate of drug-likeness (QED) is 0.582. The summed E-state index contributed by atoms with van der Waals surface area (Å²) in [6.07, 6.45) is 0. The van der Waals surface area contributed by atoms with Crippen molar-refractivity contribution in [2.24, 2.45) is 0 Å². The molecular weight excluding hydrogens is 222 g/mol. The lowest BCUT2D eigenvalue weighted by Gasteiger charge is -2.21. The van der Waals surface area contributed by atoms with Gasteiger partial charge in [0.1, 0.15) is 14.1 Å².